The van der Waals surface area contributed by atoms with Gasteiger partial charge in [-0.15, -0.1) is 0 Å². The number of primary amides is 1. The van der Waals surface area contributed by atoms with Crippen LogP contribution in [-0.4, -0.2) is 49.1 Å². The first kappa shape index (κ1) is 14.7. The minimum absolute atomic E-state index is 0.218. The van der Waals surface area contributed by atoms with Gasteiger partial charge in [0.25, 0.3) is 0 Å². The van der Waals surface area contributed by atoms with E-state index in [0.717, 1.165) is 4.90 Å². The second kappa shape index (κ2) is 6.31. The molecule has 0 aliphatic carbocycles. The zero-order valence-electron chi connectivity index (χ0n) is 8.80. The summed E-state index contributed by atoms with van der Waals surface area (Å²) < 4.78 is 35.2. The third-order valence-electron chi connectivity index (χ3n) is 1.68. The first-order valence-corrected chi connectivity index (χ1v) is 4.59. The van der Waals surface area contributed by atoms with Crippen LogP contribution >= 0.6 is 0 Å². The Morgan fingerprint density at radius 3 is 2.31 bits per heavy atom. The third kappa shape index (κ3) is 7.04. The number of alkyl halides is 3. The Morgan fingerprint density at radius 1 is 1.38 bits per heavy atom. The molecule has 0 aliphatic heterocycles. The van der Waals surface area contributed by atoms with Crippen LogP contribution in [0.15, 0.2) is 0 Å². The number of halogens is 3. The zero-order chi connectivity index (χ0) is 12.8. The van der Waals surface area contributed by atoms with E-state index >= 15 is 0 Å². The molecule has 0 aliphatic rings. The number of nitrogens with zero attached hydrogens (tertiary/aromatic N) is 1. The van der Waals surface area contributed by atoms with E-state index in [9.17, 15) is 22.8 Å². The van der Waals surface area contributed by atoms with Gasteiger partial charge in [-0.3, -0.25) is 9.59 Å². The lowest BCUT2D eigenvalue weighted by atomic mass is 10.4. The zero-order valence-corrected chi connectivity index (χ0v) is 8.80. The maximum atomic E-state index is 11.7. The lowest BCUT2D eigenvalue weighted by Gasteiger charge is -2.19. The van der Waals surface area contributed by atoms with Crippen molar-refractivity contribution in [1.29, 1.82) is 0 Å². The molecule has 2 amide bonds. The van der Waals surface area contributed by atoms with Crippen LogP contribution in [0.4, 0.5) is 13.2 Å². The number of likely N-dealkylation sites (N-methyl/N-ethyl adjacent to an activating group) is 1. The number of amides is 2. The summed E-state index contributed by atoms with van der Waals surface area (Å²) in [7, 11) is 0. The fourth-order valence-corrected chi connectivity index (χ4v) is 0.987. The van der Waals surface area contributed by atoms with Crippen molar-refractivity contribution < 1.29 is 22.8 Å². The first-order valence-electron chi connectivity index (χ1n) is 4.59. The third-order valence-corrected chi connectivity index (χ3v) is 1.68. The summed E-state index contributed by atoms with van der Waals surface area (Å²) in [5.74, 6) is -1.29. The number of rotatable bonds is 6. The summed E-state index contributed by atoms with van der Waals surface area (Å²) in [4.78, 5) is 22.9. The van der Waals surface area contributed by atoms with Gasteiger partial charge in [-0.2, -0.15) is 13.2 Å². The predicted octanol–water partition coefficient (Wildman–Crippen LogP) is -0.528. The Kier molecular flexibility index (Phi) is 5.79. The Morgan fingerprint density at radius 2 is 1.94 bits per heavy atom. The number of hydrogen-bond donors (Lipinski definition) is 2. The Hall–Kier alpha value is -1.31. The van der Waals surface area contributed by atoms with Crippen LogP contribution in [0.25, 0.3) is 0 Å². The topological polar surface area (TPSA) is 75.4 Å². The highest BCUT2D eigenvalue weighted by Gasteiger charge is 2.27. The van der Waals surface area contributed by atoms with E-state index in [4.69, 9.17) is 5.73 Å². The molecule has 0 bridgehead atoms. The molecule has 16 heavy (non-hydrogen) atoms. The van der Waals surface area contributed by atoms with Gasteiger partial charge in [0.1, 0.15) is 0 Å². The van der Waals surface area contributed by atoms with Gasteiger partial charge in [-0.25, -0.2) is 0 Å². The molecule has 0 unspecified atom stereocenters. The fourth-order valence-electron chi connectivity index (χ4n) is 0.987. The van der Waals surface area contributed by atoms with Crippen LogP contribution in [-0.2, 0) is 9.59 Å². The molecule has 0 saturated carbocycles. The average molecular weight is 241 g/mol. The molecule has 0 atom stereocenters. The lowest BCUT2D eigenvalue weighted by molar-refractivity contribution is -0.137. The van der Waals surface area contributed by atoms with E-state index in [1.807, 2.05) is 5.32 Å². The van der Waals surface area contributed by atoms with E-state index in [1.54, 1.807) is 6.92 Å². The molecular weight excluding hydrogens is 227 g/mol. The Labute approximate surface area is 90.8 Å². The van der Waals surface area contributed by atoms with Crippen molar-refractivity contribution in [2.24, 2.45) is 5.73 Å². The van der Waals surface area contributed by atoms with Gasteiger partial charge in [0.05, 0.1) is 19.6 Å². The highest BCUT2D eigenvalue weighted by Crippen LogP contribution is 2.11. The van der Waals surface area contributed by atoms with Gasteiger partial charge in [0.2, 0.25) is 11.8 Å². The van der Waals surface area contributed by atoms with Crippen molar-refractivity contribution >= 4 is 11.8 Å². The smallest absolute Gasteiger partial charge is 0.368 e. The van der Waals surface area contributed by atoms with Crippen LogP contribution in [0, 0.1) is 0 Å². The largest absolute Gasteiger partial charge is 0.401 e. The van der Waals surface area contributed by atoms with Crippen LogP contribution < -0.4 is 11.1 Å². The van der Waals surface area contributed by atoms with E-state index in [0.29, 0.717) is 0 Å². The van der Waals surface area contributed by atoms with Crippen LogP contribution in [0.5, 0.6) is 0 Å². The van der Waals surface area contributed by atoms with E-state index in [1.165, 1.54) is 0 Å². The second-order valence-corrected chi connectivity index (χ2v) is 3.09. The summed E-state index contributed by atoms with van der Waals surface area (Å²) >= 11 is 0. The molecule has 0 radical (unpaired) electrons. The van der Waals surface area contributed by atoms with Crippen LogP contribution in [0.3, 0.4) is 0 Å². The number of nitrogens with two attached hydrogens (primary N) is 1. The van der Waals surface area contributed by atoms with Gasteiger partial charge >= 0.3 is 6.18 Å². The summed E-state index contributed by atoms with van der Waals surface area (Å²) in [6.07, 6.45) is -4.36. The SMILES string of the molecule is CCN(CC(N)=O)C(=O)CNCC(F)(F)F. The number of carbonyl (C=O) groups is 2. The summed E-state index contributed by atoms with van der Waals surface area (Å²) in [6, 6.07) is 0. The molecule has 0 aromatic carbocycles. The molecule has 0 heterocycles. The number of nitrogens with one attached hydrogen (secondary N) is 1. The quantitative estimate of drug-likeness (QED) is 0.656. The summed E-state index contributed by atoms with van der Waals surface area (Å²) in [6.45, 7) is -0.184. The van der Waals surface area contributed by atoms with Gasteiger partial charge < -0.3 is 16.0 Å². The van der Waals surface area contributed by atoms with Crippen molar-refractivity contribution in [3.05, 3.63) is 0 Å². The maximum absolute atomic E-state index is 11.7. The molecule has 5 nitrogen and oxygen atoms in total. The highest BCUT2D eigenvalue weighted by atomic mass is 19.4. The molecule has 0 saturated heterocycles. The molecular formula is C8H14F3N3O2. The molecule has 8 heteroatoms. The highest BCUT2D eigenvalue weighted by molar-refractivity contribution is 5.84. The van der Waals surface area contributed by atoms with E-state index < -0.39 is 31.1 Å². The minimum Gasteiger partial charge on any atom is -0.368 e. The van der Waals surface area contributed by atoms with E-state index in [2.05, 4.69) is 0 Å². The van der Waals surface area contributed by atoms with Crippen molar-refractivity contribution in [1.82, 2.24) is 10.2 Å². The van der Waals surface area contributed by atoms with Crippen molar-refractivity contribution in [2.45, 2.75) is 13.1 Å². The molecule has 0 aromatic heterocycles. The maximum Gasteiger partial charge on any atom is 0.401 e. The predicted molar refractivity (Wildman–Crippen MR) is 50.4 cm³/mol. The number of hydrogen-bond acceptors (Lipinski definition) is 3. The number of carbonyl (C=O) groups excluding carboxylic acids is 2. The van der Waals surface area contributed by atoms with Crippen LogP contribution in [0.1, 0.15) is 6.92 Å². The van der Waals surface area contributed by atoms with Crippen molar-refractivity contribution in [3.8, 4) is 0 Å². The van der Waals surface area contributed by atoms with E-state index in [-0.39, 0.29) is 13.1 Å². The monoisotopic (exact) mass is 241 g/mol. The Bertz CT molecular complexity index is 255. The van der Waals surface area contributed by atoms with Gasteiger partial charge in [0.15, 0.2) is 0 Å². The molecule has 3 N–H and O–H groups in total. The van der Waals surface area contributed by atoms with Crippen LogP contribution in [0.2, 0.25) is 0 Å². The van der Waals surface area contributed by atoms with Crippen molar-refractivity contribution in [2.75, 3.05) is 26.2 Å². The molecule has 0 aromatic rings. The second-order valence-electron chi connectivity index (χ2n) is 3.09. The van der Waals surface area contributed by atoms with Gasteiger partial charge in [-0.05, 0) is 6.92 Å². The standard InChI is InChI=1S/C8H14F3N3O2/c1-2-14(4-6(12)15)7(16)3-13-5-8(9,10)11/h13H,2-5H2,1H3,(H2,12,15). The molecule has 94 valence electrons. The molecule has 0 rings (SSSR count). The normalized spacial score (nSPS) is 11.2. The fraction of sp³-hybridized carbons (Fsp3) is 0.750. The molecule has 0 spiro atoms. The van der Waals surface area contributed by atoms with Crippen molar-refractivity contribution in [3.63, 3.8) is 0 Å². The summed E-state index contributed by atoms with van der Waals surface area (Å²) in [5.41, 5.74) is 4.87. The first-order chi connectivity index (χ1) is 7.26. The summed E-state index contributed by atoms with van der Waals surface area (Å²) in [5, 5.41) is 1.94. The average Bonchev–Trinajstić information content (AvgIpc) is 2.11. The van der Waals surface area contributed by atoms with Gasteiger partial charge in [-0.1, -0.05) is 0 Å². The lowest BCUT2D eigenvalue weighted by Crippen LogP contribution is -2.44. The minimum atomic E-state index is -4.36. The van der Waals surface area contributed by atoms with Gasteiger partial charge in [0, 0.05) is 6.54 Å². The molecule has 0 fully saturated rings. The Balaban J connectivity index is 3.98.